The number of aryl methyl sites for hydroxylation is 1. The Labute approximate surface area is 179 Å². The molecule has 4 nitrogen and oxygen atoms in total. The molecule has 0 aromatic heterocycles. The fourth-order valence-corrected chi connectivity index (χ4v) is 6.61. The Kier molecular flexibility index (Phi) is 5.03. The third kappa shape index (κ3) is 3.95. The second-order valence-electron chi connectivity index (χ2n) is 10.1. The van der Waals surface area contributed by atoms with Crippen LogP contribution in [0.2, 0.25) is 0 Å². The standard InChI is InChI=1S/C26H33NO3/c1-18-4-3-5-20(8-18)16-30-23-7-6-19(10-24(23)29-2)15-27-25-11-21-9-22(12-25)14-26(28,13-21)17-25/h3-8,10,21-22,27-28H,9,11-17H2,1-2H3. The van der Waals surface area contributed by atoms with E-state index in [9.17, 15) is 5.11 Å². The Morgan fingerprint density at radius 3 is 2.50 bits per heavy atom. The number of ether oxygens (including phenoxy) is 2. The molecule has 4 aliphatic carbocycles. The molecule has 0 spiro atoms. The molecule has 0 heterocycles. The number of hydrogen-bond donors (Lipinski definition) is 2. The van der Waals surface area contributed by atoms with Gasteiger partial charge in [-0.05, 0) is 80.5 Å². The van der Waals surface area contributed by atoms with E-state index in [0.717, 1.165) is 42.9 Å². The fourth-order valence-electron chi connectivity index (χ4n) is 6.61. The summed E-state index contributed by atoms with van der Waals surface area (Å²) < 4.78 is 11.7. The van der Waals surface area contributed by atoms with Crippen LogP contribution >= 0.6 is 0 Å². The molecular formula is C26H33NO3. The molecule has 2 N–H and O–H groups in total. The Bertz CT molecular complexity index is 910. The maximum atomic E-state index is 11.0. The van der Waals surface area contributed by atoms with Crippen molar-refractivity contribution in [2.24, 2.45) is 11.8 Å². The smallest absolute Gasteiger partial charge is 0.161 e. The zero-order chi connectivity index (χ0) is 20.8. The lowest BCUT2D eigenvalue weighted by Crippen LogP contribution is -2.64. The molecule has 4 saturated carbocycles. The summed E-state index contributed by atoms with van der Waals surface area (Å²) in [6, 6.07) is 14.6. The molecule has 0 amide bonds. The number of methoxy groups -OCH3 is 1. The first-order valence-corrected chi connectivity index (χ1v) is 11.3. The van der Waals surface area contributed by atoms with Crippen LogP contribution in [0.3, 0.4) is 0 Å². The van der Waals surface area contributed by atoms with Crippen LogP contribution in [-0.2, 0) is 13.2 Å². The summed E-state index contributed by atoms with van der Waals surface area (Å²) in [5.41, 5.74) is 3.26. The summed E-state index contributed by atoms with van der Waals surface area (Å²) in [7, 11) is 1.70. The minimum absolute atomic E-state index is 0.104. The molecule has 4 aliphatic rings. The van der Waals surface area contributed by atoms with E-state index in [1.807, 2.05) is 6.07 Å². The van der Waals surface area contributed by atoms with Gasteiger partial charge in [0.05, 0.1) is 12.7 Å². The lowest BCUT2D eigenvalue weighted by atomic mass is 9.51. The van der Waals surface area contributed by atoms with Gasteiger partial charge in [0.2, 0.25) is 0 Å². The first-order chi connectivity index (χ1) is 14.4. The summed E-state index contributed by atoms with van der Waals surface area (Å²) in [6.07, 6.45) is 6.65. The molecule has 2 aromatic carbocycles. The first kappa shape index (κ1) is 19.9. The predicted octanol–water partition coefficient (Wildman–Crippen LogP) is 4.76. The van der Waals surface area contributed by atoms with Gasteiger partial charge in [-0.3, -0.25) is 0 Å². The SMILES string of the molecule is COc1cc(CNC23CC4CC(CC(O)(C4)C2)C3)ccc1OCc1cccc(C)c1. The number of nitrogens with one attached hydrogen (secondary N) is 1. The normalized spacial score (nSPS) is 31.7. The van der Waals surface area contributed by atoms with Crippen LogP contribution in [0.5, 0.6) is 11.5 Å². The predicted molar refractivity (Wildman–Crippen MR) is 118 cm³/mol. The second-order valence-corrected chi connectivity index (χ2v) is 10.1. The van der Waals surface area contributed by atoms with Gasteiger partial charge in [-0.1, -0.05) is 35.9 Å². The molecule has 0 aliphatic heterocycles. The van der Waals surface area contributed by atoms with Gasteiger partial charge in [-0.2, -0.15) is 0 Å². The fraction of sp³-hybridized carbons (Fsp3) is 0.538. The summed E-state index contributed by atoms with van der Waals surface area (Å²) in [5, 5.41) is 14.8. The van der Waals surface area contributed by atoms with Gasteiger partial charge in [0.25, 0.3) is 0 Å². The van der Waals surface area contributed by atoms with Crippen molar-refractivity contribution in [1.82, 2.24) is 5.32 Å². The molecule has 2 atom stereocenters. The van der Waals surface area contributed by atoms with Crippen molar-refractivity contribution >= 4 is 0 Å². The highest BCUT2D eigenvalue weighted by Gasteiger charge is 2.56. The minimum atomic E-state index is -0.428. The maximum Gasteiger partial charge on any atom is 0.161 e. The molecular weight excluding hydrogens is 374 g/mol. The maximum absolute atomic E-state index is 11.0. The molecule has 160 valence electrons. The van der Waals surface area contributed by atoms with Gasteiger partial charge >= 0.3 is 0 Å². The summed E-state index contributed by atoms with van der Waals surface area (Å²) in [5.74, 6) is 2.92. The zero-order valence-electron chi connectivity index (χ0n) is 18.1. The Morgan fingerprint density at radius 1 is 1.00 bits per heavy atom. The topological polar surface area (TPSA) is 50.7 Å². The Morgan fingerprint density at radius 2 is 1.80 bits per heavy atom. The third-order valence-electron chi connectivity index (χ3n) is 7.40. The van der Waals surface area contributed by atoms with Crippen molar-refractivity contribution in [1.29, 1.82) is 0 Å². The Hall–Kier alpha value is -2.04. The van der Waals surface area contributed by atoms with E-state index >= 15 is 0 Å². The minimum Gasteiger partial charge on any atom is -0.493 e. The largest absolute Gasteiger partial charge is 0.493 e. The monoisotopic (exact) mass is 407 g/mol. The van der Waals surface area contributed by atoms with Crippen LogP contribution in [0, 0.1) is 18.8 Å². The number of rotatable bonds is 7. The van der Waals surface area contributed by atoms with Crippen LogP contribution in [0.4, 0.5) is 0 Å². The van der Waals surface area contributed by atoms with Crippen LogP contribution in [0.25, 0.3) is 0 Å². The Balaban J connectivity index is 1.25. The average molecular weight is 408 g/mol. The second kappa shape index (κ2) is 7.58. The van der Waals surface area contributed by atoms with Gasteiger partial charge in [0.15, 0.2) is 11.5 Å². The van der Waals surface area contributed by atoms with Gasteiger partial charge in [0.1, 0.15) is 6.61 Å². The molecule has 4 fully saturated rings. The number of hydrogen-bond acceptors (Lipinski definition) is 4. The van der Waals surface area contributed by atoms with Gasteiger partial charge in [0, 0.05) is 12.1 Å². The molecule has 6 rings (SSSR count). The summed E-state index contributed by atoms with van der Waals surface area (Å²) >= 11 is 0. The summed E-state index contributed by atoms with van der Waals surface area (Å²) in [4.78, 5) is 0. The highest BCUT2D eigenvalue weighted by Crippen LogP contribution is 2.57. The zero-order valence-corrected chi connectivity index (χ0v) is 18.1. The molecule has 4 heteroatoms. The van der Waals surface area contributed by atoms with Crippen molar-refractivity contribution in [3.63, 3.8) is 0 Å². The lowest BCUT2D eigenvalue weighted by Gasteiger charge is -2.60. The highest BCUT2D eigenvalue weighted by molar-refractivity contribution is 5.43. The summed E-state index contributed by atoms with van der Waals surface area (Å²) in [6.45, 7) is 3.42. The molecule has 2 unspecified atom stereocenters. The van der Waals surface area contributed by atoms with Crippen molar-refractivity contribution in [2.75, 3.05) is 7.11 Å². The van der Waals surface area contributed by atoms with Crippen molar-refractivity contribution in [2.45, 2.75) is 69.7 Å². The van der Waals surface area contributed by atoms with E-state index in [1.54, 1.807) is 7.11 Å². The molecule has 0 saturated heterocycles. The number of aliphatic hydroxyl groups is 1. The lowest BCUT2D eigenvalue weighted by molar-refractivity contribution is -0.142. The van der Waals surface area contributed by atoms with Gasteiger partial charge < -0.3 is 19.9 Å². The van der Waals surface area contributed by atoms with Gasteiger partial charge in [-0.15, -0.1) is 0 Å². The van der Waals surface area contributed by atoms with Crippen molar-refractivity contribution < 1.29 is 14.6 Å². The van der Waals surface area contributed by atoms with E-state index < -0.39 is 5.60 Å². The average Bonchev–Trinajstić information content (AvgIpc) is 2.69. The quantitative estimate of drug-likeness (QED) is 0.695. The third-order valence-corrected chi connectivity index (χ3v) is 7.40. The molecule has 30 heavy (non-hydrogen) atoms. The molecule has 2 aromatic rings. The van der Waals surface area contributed by atoms with Gasteiger partial charge in [-0.25, -0.2) is 0 Å². The van der Waals surface area contributed by atoms with Crippen molar-refractivity contribution in [3.05, 3.63) is 59.2 Å². The van der Waals surface area contributed by atoms with E-state index in [4.69, 9.17) is 9.47 Å². The number of benzene rings is 2. The van der Waals surface area contributed by atoms with E-state index in [1.165, 1.54) is 30.4 Å². The van der Waals surface area contributed by atoms with Crippen LogP contribution < -0.4 is 14.8 Å². The molecule has 0 radical (unpaired) electrons. The molecule has 4 bridgehead atoms. The first-order valence-electron chi connectivity index (χ1n) is 11.3. The highest BCUT2D eigenvalue weighted by atomic mass is 16.5. The van der Waals surface area contributed by atoms with E-state index in [0.29, 0.717) is 18.4 Å². The van der Waals surface area contributed by atoms with E-state index in [2.05, 4.69) is 48.6 Å². The van der Waals surface area contributed by atoms with Crippen LogP contribution in [0.1, 0.15) is 55.2 Å². The van der Waals surface area contributed by atoms with Crippen molar-refractivity contribution in [3.8, 4) is 11.5 Å². The van der Waals surface area contributed by atoms with Crippen LogP contribution in [-0.4, -0.2) is 23.4 Å². The van der Waals surface area contributed by atoms with Crippen LogP contribution in [0.15, 0.2) is 42.5 Å². The van der Waals surface area contributed by atoms with E-state index in [-0.39, 0.29) is 5.54 Å².